The van der Waals surface area contributed by atoms with Crippen LogP contribution < -0.4 is 5.32 Å². The smallest absolute Gasteiger partial charge is 0.255 e. The van der Waals surface area contributed by atoms with Gasteiger partial charge >= 0.3 is 0 Å². The summed E-state index contributed by atoms with van der Waals surface area (Å²) < 4.78 is 0.903. The monoisotopic (exact) mass is 322 g/mol. The van der Waals surface area contributed by atoms with E-state index in [0.29, 0.717) is 12.0 Å². The lowest BCUT2D eigenvalue weighted by atomic mass is 9.94. The Balaban J connectivity index is 1.77. The Hall–Kier alpha value is -0.870. The van der Waals surface area contributed by atoms with Gasteiger partial charge in [-0.05, 0) is 65.9 Å². The first-order valence-electron chi connectivity index (χ1n) is 6.94. The van der Waals surface area contributed by atoms with Gasteiger partial charge in [0.2, 0.25) is 0 Å². The van der Waals surface area contributed by atoms with Crippen LogP contribution in [0.2, 0.25) is 0 Å². The zero-order valence-corrected chi connectivity index (χ0v) is 12.7. The molecule has 2 atom stereocenters. The van der Waals surface area contributed by atoms with Crippen molar-refractivity contribution in [2.45, 2.75) is 25.8 Å². The second-order valence-corrected chi connectivity index (χ2v) is 6.51. The number of likely N-dealkylation sites (tertiary alicyclic amines) is 1. The first-order chi connectivity index (χ1) is 9.15. The van der Waals surface area contributed by atoms with E-state index in [1.165, 1.54) is 18.4 Å². The molecule has 2 saturated heterocycles. The molecule has 102 valence electrons. The maximum absolute atomic E-state index is 12.6. The van der Waals surface area contributed by atoms with Crippen molar-refractivity contribution in [3.63, 3.8) is 0 Å². The summed E-state index contributed by atoms with van der Waals surface area (Å²) in [6.07, 6.45) is 2.48. The van der Waals surface area contributed by atoms with Crippen molar-refractivity contribution in [1.29, 1.82) is 0 Å². The molecule has 2 unspecified atom stereocenters. The molecule has 0 spiro atoms. The number of hydrogen-bond donors (Lipinski definition) is 1. The van der Waals surface area contributed by atoms with Crippen molar-refractivity contribution >= 4 is 21.8 Å². The summed E-state index contributed by atoms with van der Waals surface area (Å²) in [4.78, 5) is 14.6. The van der Waals surface area contributed by atoms with E-state index in [2.05, 4.69) is 21.2 Å². The van der Waals surface area contributed by atoms with Gasteiger partial charge in [0, 0.05) is 23.6 Å². The highest BCUT2D eigenvalue weighted by Crippen LogP contribution is 2.28. The molecule has 1 aromatic carbocycles. The van der Waals surface area contributed by atoms with E-state index in [1.54, 1.807) is 0 Å². The number of carbonyl (C=O) groups excluding carboxylic acids is 1. The van der Waals surface area contributed by atoms with Gasteiger partial charge in [0.15, 0.2) is 0 Å². The predicted octanol–water partition coefficient (Wildman–Crippen LogP) is 2.58. The highest BCUT2D eigenvalue weighted by molar-refractivity contribution is 9.10. The number of nitrogens with one attached hydrogen (secondary N) is 1. The largest absolute Gasteiger partial charge is 0.337 e. The van der Waals surface area contributed by atoms with E-state index in [1.807, 2.05) is 30.0 Å². The molecule has 3 nitrogen and oxygen atoms in total. The van der Waals surface area contributed by atoms with E-state index in [9.17, 15) is 4.79 Å². The molecular weight excluding hydrogens is 304 g/mol. The SMILES string of the molecule is Cc1ccc(C(=O)N2CC3CCCNC3C2)c(Br)c1. The van der Waals surface area contributed by atoms with Crippen molar-refractivity contribution in [2.75, 3.05) is 19.6 Å². The van der Waals surface area contributed by atoms with Crippen LogP contribution in [0.25, 0.3) is 0 Å². The summed E-state index contributed by atoms with van der Waals surface area (Å²) in [5.41, 5.74) is 1.95. The lowest BCUT2D eigenvalue weighted by Gasteiger charge is -2.24. The number of benzene rings is 1. The van der Waals surface area contributed by atoms with E-state index in [0.717, 1.165) is 29.7 Å². The summed E-state index contributed by atoms with van der Waals surface area (Å²) in [5, 5.41) is 3.54. The van der Waals surface area contributed by atoms with Crippen LogP contribution in [-0.2, 0) is 0 Å². The van der Waals surface area contributed by atoms with Crippen molar-refractivity contribution in [1.82, 2.24) is 10.2 Å². The third-order valence-electron chi connectivity index (χ3n) is 4.24. The van der Waals surface area contributed by atoms with E-state index >= 15 is 0 Å². The molecule has 0 bridgehead atoms. The number of carbonyl (C=O) groups is 1. The van der Waals surface area contributed by atoms with Crippen molar-refractivity contribution < 1.29 is 4.79 Å². The molecule has 2 aliphatic rings. The minimum Gasteiger partial charge on any atom is -0.337 e. The summed E-state index contributed by atoms with van der Waals surface area (Å²) in [6.45, 7) is 4.88. The fourth-order valence-corrected chi connectivity index (χ4v) is 3.84. The number of piperidine rings is 1. The van der Waals surface area contributed by atoms with Crippen LogP contribution >= 0.6 is 15.9 Å². The average Bonchev–Trinajstić information content (AvgIpc) is 2.81. The van der Waals surface area contributed by atoms with Gasteiger partial charge in [-0.1, -0.05) is 6.07 Å². The molecular formula is C15H19BrN2O. The van der Waals surface area contributed by atoms with Crippen LogP contribution in [-0.4, -0.2) is 36.5 Å². The highest BCUT2D eigenvalue weighted by atomic mass is 79.9. The summed E-state index contributed by atoms with van der Waals surface area (Å²) in [6, 6.07) is 6.44. The molecule has 0 aromatic heterocycles. The van der Waals surface area contributed by atoms with Crippen LogP contribution in [0.5, 0.6) is 0 Å². The van der Waals surface area contributed by atoms with Gasteiger partial charge in [-0.2, -0.15) is 0 Å². The molecule has 1 amide bonds. The van der Waals surface area contributed by atoms with Gasteiger partial charge < -0.3 is 10.2 Å². The van der Waals surface area contributed by atoms with Crippen molar-refractivity contribution in [3.8, 4) is 0 Å². The Bertz CT molecular complexity index is 489. The minimum absolute atomic E-state index is 0.156. The molecule has 0 aliphatic carbocycles. The standard InChI is InChI=1S/C15H19BrN2O/c1-10-4-5-12(13(16)7-10)15(19)18-8-11-3-2-6-17-14(11)9-18/h4-5,7,11,14,17H,2-3,6,8-9H2,1H3. The molecule has 0 saturated carbocycles. The molecule has 19 heavy (non-hydrogen) atoms. The molecule has 2 fully saturated rings. The highest BCUT2D eigenvalue weighted by Gasteiger charge is 2.36. The Morgan fingerprint density at radius 2 is 2.26 bits per heavy atom. The number of fused-ring (bicyclic) bond motifs is 1. The molecule has 3 rings (SSSR count). The predicted molar refractivity (Wildman–Crippen MR) is 79.3 cm³/mol. The van der Waals surface area contributed by atoms with Crippen LogP contribution in [0, 0.1) is 12.8 Å². The number of rotatable bonds is 1. The summed E-state index contributed by atoms with van der Waals surface area (Å²) in [5.74, 6) is 0.796. The summed E-state index contributed by atoms with van der Waals surface area (Å²) >= 11 is 3.51. The number of hydrogen-bond acceptors (Lipinski definition) is 2. The first kappa shape index (κ1) is 13.1. The van der Waals surface area contributed by atoms with Crippen LogP contribution in [0.3, 0.4) is 0 Å². The first-order valence-corrected chi connectivity index (χ1v) is 7.73. The summed E-state index contributed by atoms with van der Waals surface area (Å²) in [7, 11) is 0. The molecule has 2 aliphatic heterocycles. The second-order valence-electron chi connectivity index (χ2n) is 5.66. The Morgan fingerprint density at radius 1 is 1.42 bits per heavy atom. The van der Waals surface area contributed by atoms with Crippen LogP contribution in [0.1, 0.15) is 28.8 Å². The fraction of sp³-hybridized carbons (Fsp3) is 0.533. The lowest BCUT2D eigenvalue weighted by molar-refractivity contribution is 0.0784. The van der Waals surface area contributed by atoms with Crippen LogP contribution in [0.4, 0.5) is 0 Å². The Labute approximate surface area is 122 Å². The third kappa shape index (κ3) is 2.56. The quantitative estimate of drug-likeness (QED) is 0.862. The van der Waals surface area contributed by atoms with Crippen LogP contribution in [0.15, 0.2) is 22.7 Å². The van der Waals surface area contributed by atoms with Gasteiger partial charge in [-0.25, -0.2) is 0 Å². The topological polar surface area (TPSA) is 32.3 Å². The maximum Gasteiger partial charge on any atom is 0.255 e. The van der Waals surface area contributed by atoms with E-state index in [-0.39, 0.29) is 5.91 Å². The molecule has 1 aromatic rings. The van der Waals surface area contributed by atoms with E-state index in [4.69, 9.17) is 0 Å². The van der Waals surface area contributed by atoms with Crippen molar-refractivity contribution in [3.05, 3.63) is 33.8 Å². The molecule has 4 heteroatoms. The number of aryl methyl sites for hydroxylation is 1. The Kier molecular flexibility index (Phi) is 3.63. The number of amides is 1. The van der Waals surface area contributed by atoms with Gasteiger partial charge in [0.05, 0.1) is 5.56 Å². The minimum atomic E-state index is 0.156. The average molecular weight is 323 g/mol. The number of halogens is 1. The van der Waals surface area contributed by atoms with E-state index < -0.39 is 0 Å². The second kappa shape index (κ2) is 5.25. The van der Waals surface area contributed by atoms with Crippen molar-refractivity contribution in [2.24, 2.45) is 5.92 Å². The van der Waals surface area contributed by atoms with Gasteiger partial charge in [0.1, 0.15) is 0 Å². The van der Waals surface area contributed by atoms with Gasteiger partial charge in [-0.3, -0.25) is 4.79 Å². The zero-order chi connectivity index (χ0) is 13.4. The maximum atomic E-state index is 12.6. The zero-order valence-electron chi connectivity index (χ0n) is 11.2. The van der Waals surface area contributed by atoms with Gasteiger partial charge in [-0.15, -0.1) is 0 Å². The lowest BCUT2D eigenvalue weighted by Crippen LogP contribution is -2.41. The van der Waals surface area contributed by atoms with Gasteiger partial charge in [0.25, 0.3) is 5.91 Å². The number of nitrogens with zero attached hydrogens (tertiary/aromatic N) is 1. The molecule has 0 radical (unpaired) electrons. The normalized spacial score (nSPS) is 26.3. The third-order valence-corrected chi connectivity index (χ3v) is 4.90. The molecule has 2 heterocycles. The molecule has 1 N–H and O–H groups in total. The Morgan fingerprint density at radius 3 is 3.00 bits per heavy atom. The fourth-order valence-electron chi connectivity index (χ4n) is 3.18.